The number of ether oxygens (including phenoxy) is 1. The second-order valence-corrected chi connectivity index (χ2v) is 9.04. The topological polar surface area (TPSA) is 99.4 Å². The number of nitrogens with one attached hydrogen (secondary N) is 1. The fourth-order valence-corrected chi connectivity index (χ4v) is 4.62. The van der Waals surface area contributed by atoms with E-state index in [1.165, 1.54) is 4.57 Å². The second kappa shape index (κ2) is 10.3. The van der Waals surface area contributed by atoms with E-state index in [4.69, 9.17) is 4.74 Å². The number of aryl methyl sites for hydroxylation is 2. The van der Waals surface area contributed by atoms with Gasteiger partial charge in [-0.1, -0.05) is 6.92 Å². The van der Waals surface area contributed by atoms with Gasteiger partial charge < -0.3 is 10.1 Å². The van der Waals surface area contributed by atoms with E-state index in [9.17, 15) is 19.2 Å². The zero-order chi connectivity index (χ0) is 25.1. The fourth-order valence-electron chi connectivity index (χ4n) is 4.62. The highest BCUT2D eigenvalue weighted by Gasteiger charge is 2.19. The predicted molar refractivity (Wildman–Crippen MR) is 135 cm³/mol. The molecule has 0 saturated carbocycles. The predicted octanol–water partition coefficient (Wildman–Crippen LogP) is 3.77. The van der Waals surface area contributed by atoms with Crippen molar-refractivity contribution in [2.45, 2.75) is 59.5 Å². The van der Waals surface area contributed by atoms with E-state index >= 15 is 0 Å². The summed E-state index contributed by atoms with van der Waals surface area (Å²) in [7, 11) is 0. The number of hydrogen-bond acceptors (Lipinski definition) is 5. The van der Waals surface area contributed by atoms with Crippen molar-refractivity contribution in [2.24, 2.45) is 5.92 Å². The Labute approximate surface area is 203 Å². The molecule has 1 aliphatic carbocycles. The first-order chi connectivity index (χ1) is 16.8. The molecule has 184 valence electrons. The van der Waals surface area contributed by atoms with E-state index in [-0.39, 0.29) is 35.4 Å². The van der Waals surface area contributed by atoms with Crippen molar-refractivity contribution in [3.8, 4) is 5.75 Å². The summed E-state index contributed by atoms with van der Waals surface area (Å²) in [6.07, 6.45) is 2.34. The largest absolute Gasteiger partial charge is 0.494 e. The summed E-state index contributed by atoms with van der Waals surface area (Å²) < 4.78 is 8.61. The molecular formula is C27H31N3O5. The number of carbonyl (C=O) groups excluding carboxylic acids is 2. The minimum Gasteiger partial charge on any atom is -0.494 e. The molecule has 0 bridgehead atoms. The maximum absolute atomic E-state index is 12.8. The van der Waals surface area contributed by atoms with Crippen molar-refractivity contribution >= 4 is 28.3 Å². The van der Waals surface area contributed by atoms with Gasteiger partial charge in [0.15, 0.2) is 5.78 Å². The molecule has 3 aromatic rings. The molecule has 0 radical (unpaired) electrons. The summed E-state index contributed by atoms with van der Waals surface area (Å²) in [5.41, 5.74) is 2.24. The number of amides is 1. The van der Waals surface area contributed by atoms with Crippen LogP contribution in [-0.2, 0) is 24.3 Å². The van der Waals surface area contributed by atoms with Crippen molar-refractivity contribution in [1.29, 1.82) is 0 Å². The number of fused-ring (bicyclic) bond motifs is 2. The molecule has 1 N–H and O–H groups in total. The maximum Gasteiger partial charge on any atom is 0.331 e. The van der Waals surface area contributed by atoms with E-state index in [1.807, 2.05) is 32.0 Å². The zero-order valence-corrected chi connectivity index (χ0v) is 20.4. The average molecular weight is 478 g/mol. The van der Waals surface area contributed by atoms with Crippen LogP contribution in [0.2, 0.25) is 0 Å². The lowest BCUT2D eigenvalue weighted by Crippen LogP contribution is -2.39. The van der Waals surface area contributed by atoms with E-state index in [2.05, 4.69) is 5.32 Å². The Kier molecular flexibility index (Phi) is 7.19. The van der Waals surface area contributed by atoms with Crippen LogP contribution < -0.4 is 21.3 Å². The van der Waals surface area contributed by atoms with Gasteiger partial charge in [0.1, 0.15) is 5.75 Å². The van der Waals surface area contributed by atoms with E-state index in [0.29, 0.717) is 49.0 Å². The van der Waals surface area contributed by atoms with Crippen molar-refractivity contribution in [3.05, 3.63) is 68.4 Å². The molecule has 1 unspecified atom stereocenters. The van der Waals surface area contributed by atoms with Crippen LogP contribution >= 0.6 is 0 Å². The van der Waals surface area contributed by atoms with Crippen LogP contribution in [-0.4, -0.2) is 27.4 Å². The summed E-state index contributed by atoms with van der Waals surface area (Å²) in [4.78, 5) is 49.7. The molecule has 1 atom stereocenters. The minimum atomic E-state index is -0.352. The number of aromatic nitrogens is 2. The number of rotatable bonds is 9. The number of anilines is 1. The maximum atomic E-state index is 12.8. The number of carbonyl (C=O) groups is 2. The van der Waals surface area contributed by atoms with E-state index in [1.54, 1.807) is 29.7 Å². The van der Waals surface area contributed by atoms with Crippen LogP contribution in [0.3, 0.4) is 0 Å². The number of nitrogens with zero attached hydrogens (tertiary/aromatic N) is 2. The Morgan fingerprint density at radius 3 is 2.54 bits per heavy atom. The molecule has 2 aromatic carbocycles. The normalized spacial score (nSPS) is 13.6. The van der Waals surface area contributed by atoms with Gasteiger partial charge in [-0.2, -0.15) is 0 Å². The Morgan fingerprint density at radius 2 is 1.80 bits per heavy atom. The molecular weight excluding hydrogens is 446 g/mol. The summed E-state index contributed by atoms with van der Waals surface area (Å²) >= 11 is 0. The Hall–Kier alpha value is -3.68. The van der Waals surface area contributed by atoms with Crippen LogP contribution in [0.1, 0.15) is 56.0 Å². The number of Topliss-reactive ketones (excluding diaryl/α,β-unsaturated/α-hetero) is 1. The number of benzene rings is 2. The lowest BCUT2D eigenvalue weighted by atomic mass is 10.0. The van der Waals surface area contributed by atoms with Gasteiger partial charge >= 0.3 is 5.69 Å². The Morgan fingerprint density at radius 1 is 1.03 bits per heavy atom. The van der Waals surface area contributed by atoms with Gasteiger partial charge in [0.2, 0.25) is 5.91 Å². The monoisotopic (exact) mass is 477 g/mol. The molecule has 8 nitrogen and oxygen atoms in total. The average Bonchev–Trinajstić information content (AvgIpc) is 3.20. The lowest BCUT2D eigenvalue weighted by Gasteiger charge is -2.14. The van der Waals surface area contributed by atoms with Crippen LogP contribution in [0.5, 0.6) is 5.75 Å². The smallest absolute Gasteiger partial charge is 0.331 e. The second-order valence-electron chi connectivity index (χ2n) is 9.04. The molecule has 8 heteroatoms. The third-order valence-corrected chi connectivity index (χ3v) is 6.55. The van der Waals surface area contributed by atoms with Crippen molar-refractivity contribution in [1.82, 2.24) is 9.13 Å². The summed E-state index contributed by atoms with van der Waals surface area (Å²) in [5.74, 6) is 0.879. The molecule has 35 heavy (non-hydrogen) atoms. The molecule has 0 aliphatic heterocycles. The molecule has 1 aromatic heterocycles. The van der Waals surface area contributed by atoms with E-state index in [0.717, 1.165) is 23.3 Å². The van der Waals surface area contributed by atoms with Crippen molar-refractivity contribution in [3.63, 3.8) is 0 Å². The highest BCUT2D eigenvalue weighted by molar-refractivity contribution is 6.00. The van der Waals surface area contributed by atoms with E-state index < -0.39 is 0 Å². The highest BCUT2D eigenvalue weighted by Crippen LogP contribution is 2.26. The van der Waals surface area contributed by atoms with Crippen LogP contribution in [0, 0.1) is 5.92 Å². The SMILES string of the molecule is CCn1c(=O)c2cc(NC(=O)CC(C)CCOc3ccc4c(c3)CCC4=O)ccc2n(CC)c1=O. The molecule has 0 saturated heterocycles. The van der Waals surface area contributed by atoms with Crippen LogP contribution in [0.25, 0.3) is 10.9 Å². The third-order valence-electron chi connectivity index (χ3n) is 6.55. The molecule has 1 aliphatic rings. The van der Waals surface area contributed by atoms with Gasteiger partial charge in [-0.3, -0.25) is 23.5 Å². The van der Waals surface area contributed by atoms with Gasteiger partial charge in [0, 0.05) is 37.2 Å². The highest BCUT2D eigenvalue weighted by atomic mass is 16.5. The lowest BCUT2D eigenvalue weighted by molar-refractivity contribution is -0.117. The van der Waals surface area contributed by atoms with Crippen LogP contribution in [0.4, 0.5) is 5.69 Å². The van der Waals surface area contributed by atoms with Gasteiger partial charge in [0.25, 0.3) is 5.56 Å². The van der Waals surface area contributed by atoms with Gasteiger partial charge in [-0.15, -0.1) is 0 Å². The zero-order valence-electron chi connectivity index (χ0n) is 20.4. The number of hydrogen-bond donors (Lipinski definition) is 1. The molecule has 1 amide bonds. The standard InChI is InChI=1S/C27H31N3O5/c1-4-29-23-10-7-19(16-22(23)26(33)30(5-2)27(29)34)28-25(32)14-17(3)12-13-35-20-8-9-21-18(15-20)6-11-24(21)31/h7-10,15-17H,4-6,11-14H2,1-3H3,(H,28,32). The summed E-state index contributed by atoms with van der Waals surface area (Å²) in [5, 5.41) is 3.28. The Balaban J connectivity index is 1.35. The first kappa shape index (κ1) is 24.4. The van der Waals surface area contributed by atoms with Gasteiger partial charge in [-0.05, 0) is 74.6 Å². The summed E-state index contributed by atoms with van der Waals surface area (Å²) in [6, 6.07) is 10.6. The molecule has 1 heterocycles. The van der Waals surface area contributed by atoms with Crippen molar-refractivity contribution in [2.75, 3.05) is 11.9 Å². The summed E-state index contributed by atoms with van der Waals surface area (Å²) in [6.45, 7) is 6.82. The third kappa shape index (κ3) is 5.06. The minimum absolute atomic E-state index is 0.0917. The van der Waals surface area contributed by atoms with Crippen molar-refractivity contribution < 1.29 is 14.3 Å². The van der Waals surface area contributed by atoms with Gasteiger partial charge in [-0.25, -0.2) is 4.79 Å². The quantitative estimate of drug-likeness (QED) is 0.506. The molecule has 0 fully saturated rings. The Bertz CT molecular complexity index is 1400. The molecule has 4 rings (SSSR count). The fraction of sp³-hybridized carbons (Fsp3) is 0.407. The first-order valence-corrected chi connectivity index (χ1v) is 12.2. The van der Waals surface area contributed by atoms with Crippen LogP contribution in [0.15, 0.2) is 46.0 Å². The first-order valence-electron chi connectivity index (χ1n) is 12.2. The molecule has 0 spiro atoms. The van der Waals surface area contributed by atoms with Gasteiger partial charge in [0.05, 0.1) is 17.5 Å². The number of ketones is 1.